The lowest BCUT2D eigenvalue weighted by Gasteiger charge is -2.25. The monoisotopic (exact) mass is 321 g/mol. The Morgan fingerprint density at radius 3 is 2.89 bits per heavy atom. The van der Waals surface area contributed by atoms with E-state index in [0.717, 1.165) is 35.2 Å². The predicted molar refractivity (Wildman–Crippen MR) is 81.9 cm³/mol. The Bertz CT molecular complexity index is 546. The van der Waals surface area contributed by atoms with Gasteiger partial charge in [-0.1, -0.05) is 35.0 Å². The first-order chi connectivity index (χ1) is 9.03. The Labute approximate surface area is 123 Å². The summed E-state index contributed by atoms with van der Waals surface area (Å²) in [7, 11) is 0. The molecule has 2 rings (SSSR count). The lowest BCUT2D eigenvalue weighted by atomic mass is 9.89. The molecule has 0 aliphatic heterocycles. The molecule has 0 saturated carbocycles. The van der Waals surface area contributed by atoms with Gasteiger partial charge in [0, 0.05) is 35.4 Å². The van der Waals surface area contributed by atoms with Crippen molar-refractivity contribution in [3.63, 3.8) is 0 Å². The average molecular weight is 322 g/mol. The summed E-state index contributed by atoms with van der Waals surface area (Å²) in [4.78, 5) is 4.44. The average Bonchev–Trinajstić information content (AvgIpc) is 2.76. The molecule has 1 atom stereocenters. The number of benzene rings is 1. The van der Waals surface area contributed by atoms with Crippen LogP contribution in [-0.4, -0.2) is 9.55 Å². The van der Waals surface area contributed by atoms with E-state index in [1.165, 1.54) is 0 Å². The zero-order chi connectivity index (χ0) is 13.9. The highest BCUT2D eigenvalue weighted by molar-refractivity contribution is 9.10. The Hall–Kier alpha value is -1.13. The summed E-state index contributed by atoms with van der Waals surface area (Å²) in [5.74, 6) is 1.05. The maximum atomic E-state index is 6.49. The van der Waals surface area contributed by atoms with E-state index in [1.54, 1.807) is 0 Å². The van der Waals surface area contributed by atoms with E-state index in [9.17, 15) is 0 Å². The summed E-state index contributed by atoms with van der Waals surface area (Å²) < 4.78 is 3.24. The molecule has 0 fully saturated rings. The largest absolute Gasteiger partial charge is 0.335 e. The van der Waals surface area contributed by atoms with Gasteiger partial charge in [-0.2, -0.15) is 0 Å². The maximum Gasteiger partial charge on any atom is 0.110 e. The third-order valence-corrected chi connectivity index (χ3v) is 3.77. The Morgan fingerprint density at radius 1 is 1.42 bits per heavy atom. The van der Waals surface area contributed by atoms with Gasteiger partial charge >= 0.3 is 0 Å². The Kier molecular flexibility index (Phi) is 4.42. The van der Waals surface area contributed by atoms with Crippen LogP contribution in [0.25, 0.3) is 0 Å². The van der Waals surface area contributed by atoms with Gasteiger partial charge in [0.05, 0.1) is 0 Å². The molecule has 1 heterocycles. The highest BCUT2D eigenvalue weighted by Crippen LogP contribution is 2.24. The molecule has 0 aliphatic rings. The smallest absolute Gasteiger partial charge is 0.110 e. The zero-order valence-electron chi connectivity index (χ0n) is 11.4. The number of hydrogen-bond acceptors (Lipinski definition) is 2. The van der Waals surface area contributed by atoms with Gasteiger partial charge in [0.15, 0.2) is 0 Å². The lowest BCUT2D eigenvalue weighted by Crippen LogP contribution is -2.36. The first-order valence-electron chi connectivity index (χ1n) is 6.58. The number of hydrogen-bond donors (Lipinski definition) is 1. The Balaban J connectivity index is 2.23. The normalized spacial score (nSPS) is 14.3. The van der Waals surface area contributed by atoms with Gasteiger partial charge in [-0.3, -0.25) is 0 Å². The minimum absolute atomic E-state index is 0.416. The molecule has 4 heteroatoms. The zero-order valence-corrected chi connectivity index (χ0v) is 13.0. The van der Waals surface area contributed by atoms with E-state index >= 15 is 0 Å². The van der Waals surface area contributed by atoms with Crippen molar-refractivity contribution >= 4 is 15.9 Å². The van der Waals surface area contributed by atoms with Crippen molar-refractivity contribution in [3.05, 3.63) is 52.5 Å². The van der Waals surface area contributed by atoms with Gasteiger partial charge in [0.2, 0.25) is 0 Å². The molecule has 0 spiro atoms. The molecule has 2 N–H and O–H groups in total. The third-order valence-electron chi connectivity index (χ3n) is 3.28. The van der Waals surface area contributed by atoms with E-state index in [-0.39, 0.29) is 0 Å². The van der Waals surface area contributed by atoms with E-state index in [2.05, 4.69) is 51.5 Å². The van der Waals surface area contributed by atoms with Crippen LogP contribution in [0.4, 0.5) is 0 Å². The number of imidazole rings is 1. The summed E-state index contributed by atoms with van der Waals surface area (Å²) in [6.07, 6.45) is 5.70. The van der Waals surface area contributed by atoms with Crippen LogP contribution < -0.4 is 5.73 Å². The molecule has 2 aromatic rings. The quantitative estimate of drug-likeness (QED) is 0.916. The molecule has 0 aliphatic carbocycles. The molecule has 1 unspecified atom stereocenters. The number of aromatic nitrogens is 2. The predicted octanol–water partition coefficient (Wildman–Crippen LogP) is 3.47. The van der Waals surface area contributed by atoms with Crippen molar-refractivity contribution in [1.82, 2.24) is 9.55 Å². The number of nitrogens with zero attached hydrogens (tertiary/aromatic N) is 2. The fourth-order valence-corrected chi connectivity index (χ4v) is 2.63. The van der Waals surface area contributed by atoms with Gasteiger partial charge in [-0.05, 0) is 31.0 Å². The van der Waals surface area contributed by atoms with Gasteiger partial charge in [-0.25, -0.2) is 4.98 Å². The van der Waals surface area contributed by atoms with E-state index in [0.29, 0.717) is 0 Å². The van der Waals surface area contributed by atoms with Crippen molar-refractivity contribution < 1.29 is 0 Å². The second-order valence-electron chi connectivity index (χ2n) is 5.14. The lowest BCUT2D eigenvalue weighted by molar-refractivity contribution is 0.461. The van der Waals surface area contributed by atoms with Crippen molar-refractivity contribution in [1.29, 1.82) is 0 Å². The number of aryl methyl sites for hydroxylation is 1. The van der Waals surface area contributed by atoms with Gasteiger partial charge < -0.3 is 10.3 Å². The standard InChI is InChI=1S/C15H20BrN3/c1-3-8-19-9-7-18-14(19)11-15(2,17)12-5-4-6-13(16)10-12/h4-7,9-10H,3,8,11,17H2,1-2H3. The molecule has 19 heavy (non-hydrogen) atoms. The highest BCUT2D eigenvalue weighted by Gasteiger charge is 2.24. The van der Waals surface area contributed by atoms with Crippen molar-refractivity contribution in [3.8, 4) is 0 Å². The Morgan fingerprint density at radius 2 is 2.21 bits per heavy atom. The molecule has 0 amide bonds. The summed E-state index contributed by atoms with van der Waals surface area (Å²) in [6, 6.07) is 8.17. The fraction of sp³-hybridized carbons (Fsp3) is 0.400. The van der Waals surface area contributed by atoms with Crippen LogP contribution in [0.2, 0.25) is 0 Å². The van der Waals surface area contributed by atoms with Crippen molar-refractivity contribution in [2.24, 2.45) is 5.73 Å². The first-order valence-corrected chi connectivity index (χ1v) is 7.37. The molecule has 3 nitrogen and oxygen atoms in total. The molecular weight excluding hydrogens is 302 g/mol. The molecular formula is C15H20BrN3. The molecule has 1 aromatic heterocycles. The van der Waals surface area contributed by atoms with Crippen LogP contribution in [0.1, 0.15) is 31.7 Å². The molecule has 0 radical (unpaired) electrons. The molecule has 102 valence electrons. The van der Waals surface area contributed by atoms with Crippen LogP contribution in [0.15, 0.2) is 41.1 Å². The SMILES string of the molecule is CCCn1ccnc1CC(C)(N)c1cccc(Br)c1. The minimum atomic E-state index is -0.416. The molecule has 1 aromatic carbocycles. The summed E-state index contributed by atoms with van der Waals surface area (Å²) in [6.45, 7) is 5.21. The van der Waals surface area contributed by atoms with Crippen LogP contribution in [0.3, 0.4) is 0 Å². The summed E-state index contributed by atoms with van der Waals surface area (Å²) >= 11 is 3.50. The number of nitrogens with two attached hydrogens (primary N) is 1. The summed E-state index contributed by atoms with van der Waals surface area (Å²) in [5, 5.41) is 0. The van der Waals surface area contributed by atoms with Crippen molar-refractivity contribution in [2.75, 3.05) is 0 Å². The van der Waals surface area contributed by atoms with E-state index < -0.39 is 5.54 Å². The molecule has 0 saturated heterocycles. The second-order valence-corrected chi connectivity index (χ2v) is 6.06. The number of rotatable bonds is 5. The fourth-order valence-electron chi connectivity index (χ4n) is 2.23. The van der Waals surface area contributed by atoms with Crippen LogP contribution in [0, 0.1) is 0 Å². The maximum absolute atomic E-state index is 6.49. The molecule has 0 bridgehead atoms. The van der Waals surface area contributed by atoms with Gasteiger partial charge in [0.25, 0.3) is 0 Å². The summed E-state index contributed by atoms with van der Waals surface area (Å²) in [5.41, 5.74) is 7.19. The number of halogens is 1. The third kappa shape index (κ3) is 3.45. The minimum Gasteiger partial charge on any atom is -0.335 e. The highest BCUT2D eigenvalue weighted by atomic mass is 79.9. The van der Waals surface area contributed by atoms with E-state index in [1.807, 2.05) is 24.5 Å². The van der Waals surface area contributed by atoms with E-state index in [4.69, 9.17) is 5.73 Å². The second kappa shape index (κ2) is 5.88. The van der Waals surface area contributed by atoms with Gasteiger partial charge in [0.1, 0.15) is 5.82 Å². The van der Waals surface area contributed by atoms with Gasteiger partial charge in [-0.15, -0.1) is 0 Å². The van der Waals surface area contributed by atoms with Crippen LogP contribution in [-0.2, 0) is 18.5 Å². The van der Waals surface area contributed by atoms with Crippen molar-refractivity contribution in [2.45, 2.75) is 38.8 Å². The first kappa shape index (κ1) is 14.3. The van der Waals surface area contributed by atoms with Crippen LogP contribution >= 0.6 is 15.9 Å². The topological polar surface area (TPSA) is 43.8 Å². The van der Waals surface area contributed by atoms with Crippen LogP contribution in [0.5, 0.6) is 0 Å².